The van der Waals surface area contributed by atoms with Crippen LogP contribution in [0.3, 0.4) is 0 Å². The van der Waals surface area contributed by atoms with Crippen molar-refractivity contribution >= 4 is 34.1 Å². The number of rotatable bonds is 7. The van der Waals surface area contributed by atoms with Crippen molar-refractivity contribution in [1.82, 2.24) is 4.98 Å². The third-order valence-corrected chi connectivity index (χ3v) is 6.30. The van der Waals surface area contributed by atoms with Gasteiger partial charge in [-0.25, -0.2) is 0 Å². The number of nitrogens with one attached hydrogen (secondary N) is 1. The number of hydrogen-bond donors (Lipinski definition) is 1. The molecule has 0 aliphatic carbocycles. The predicted molar refractivity (Wildman–Crippen MR) is 128 cm³/mol. The molecule has 0 saturated carbocycles. The highest BCUT2D eigenvalue weighted by molar-refractivity contribution is 7.98. The number of methoxy groups -OCH3 is 1. The van der Waals surface area contributed by atoms with Gasteiger partial charge in [0.05, 0.1) is 13.0 Å². The fourth-order valence-corrected chi connectivity index (χ4v) is 4.16. The van der Waals surface area contributed by atoms with Crippen molar-refractivity contribution in [2.75, 3.05) is 12.4 Å². The molecule has 0 fully saturated rings. The molecule has 4 rings (SSSR count). The molecule has 1 amide bonds. The van der Waals surface area contributed by atoms with Crippen LogP contribution < -0.4 is 10.1 Å². The number of benzene rings is 3. The lowest BCUT2D eigenvalue weighted by molar-refractivity contribution is -0.117. The molecule has 1 aromatic heterocycles. The Kier molecular flexibility index (Phi) is 6.53. The Morgan fingerprint density at radius 3 is 2.55 bits per heavy atom. The van der Waals surface area contributed by atoms with Crippen molar-refractivity contribution in [2.45, 2.75) is 23.5 Å². The van der Waals surface area contributed by atoms with E-state index in [9.17, 15) is 4.79 Å². The van der Waals surface area contributed by atoms with Gasteiger partial charge in [-0.2, -0.15) is 0 Å². The molecular formula is C26H24N2O2S. The number of ether oxygens (including phenoxy) is 1. The summed E-state index contributed by atoms with van der Waals surface area (Å²) in [6, 6.07) is 24.0. The van der Waals surface area contributed by atoms with Gasteiger partial charge in [-0.05, 0) is 71.3 Å². The van der Waals surface area contributed by atoms with Gasteiger partial charge in [0.25, 0.3) is 0 Å². The van der Waals surface area contributed by atoms with Crippen molar-refractivity contribution in [1.29, 1.82) is 0 Å². The summed E-state index contributed by atoms with van der Waals surface area (Å²) in [5.41, 5.74) is 2.97. The Morgan fingerprint density at radius 2 is 1.81 bits per heavy atom. The average Bonchev–Trinajstić information content (AvgIpc) is 2.83. The van der Waals surface area contributed by atoms with E-state index in [4.69, 9.17) is 4.74 Å². The molecule has 0 saturated heterocycles. The molecule has 1 N–H and O–H groups in total. The highest BCUT2D eigenvalue weighted by atomic mass is 32.2. The van der Waals surface area contributed by atoms with E-state index in [2.05, 4.69) is 22.4 Å². The zero-order valence-electron chi connectivity index (χ0n) is 17.5. The minimum atomic E-state index is -0.258. The summed E-state index contributed by atoms with van der Waals surface area (Å²) in [6.45, 7) is 1.93. The zero-order valence-corrected chi connectivity index (χ0v) is 18.4. The van der Waals surface area contributed by atoms with Crippen LogP contribution in [0.5, 0.6) is 5.75 Å². The van der Waals surface area contributed by atoms with Gasteiger partial charge in [0.1, 0.15) is 5.75 Å². The lowest BCUT2D eigenvalue weighted by atomic mass is 9.97. The maximum Gasteiger partial charge on any atom is 0.231 e. The molecule has 0 radical (unpaired) electrons. The first kappa shape index (κ1) is 20.9. The molecule has 0 aliphatic heterocycles. The van der Waals surface area contributed by atoms with Gasteiger partial charge in [0.2, 0.25) is 5.91 Å². The van der Waals surface area contributed by atoms with Gasteiger partial charge in [-0.3, -0.25) is 9.78 Å². The van der Waals surface area contributed by atoms with Crippen LogP contribution in [0.2, 0.25) is 0 Å². The summed E-state index contributed by atoms with van der Waals surface area (Å²) >= 11 is 1.75. The number of amides is 1. The van der Waals surface area contributed by atoms with Crippen LogP contribution in [0.1, 0.15) is 24.0 Å². The van der Waals surface area contributed by atoms with E-state index in [1.165, 1.54) is 5.56 Å². The summed E-state index contributed by atoms with van der Waals surface area (Å²) < 4.78 is 5.28. The summed E-state index contributed by atoms with van der Waals surface area (Å²) in [7, 11) is 1.66. The Morgan fingerprint density at radius 1 is 1.03 bits per heavy atom. The minimum Gasteiger partial charge on any atom is -0.497 e. The maximum atomic E-state index is 12.8. The Balaban J connectivity index is 1.38. The number of anilines is 1. The SMILES string of the molecule is COc1ccc2cc([C@H](C)C(=O)Nc3ccc(SCc4cccnc4)cc3)ccc2c1. The first-order chi connectivity index (χ1) is 15.1. The molecule has 0 bridgehead atoms. The van der Waals surface area contributed by atoms with Crippen LogP contribution in [-0.2, 0) is 10.5 Å². The van der Waals surface area contributed by atoms with E-state index >= 15 is 0 Å². The van der Waals surface area contributed by atoms with E-state index < -0.39 is 0 Å². The van der Waals surface area contributed by atoms with Crippen molar-refractivity contribution in [3.8, 4) is 5.75 Å². The number of carbonyl (C=O) groups excluding carboxylic acids is 1. The third kappa shape index (κ3) is 5.25. The minimum absolute atomic E-state index is 0.0244. The molecule has 0 aliphatic rings. The van der Waals surface area contributed by atoms with Crippen LogP contribution in [0.25, 0.3) is 10.8 Å². The third-order valence-electron chi connectivity index (χ3n) is 5.21. The molecule has 156 valence electrons. The highest BCUT2D eigenvalue weighted by Crippen LogP contribution is 2.27. The number of pyridine rings is 1. The van der Waals surface area contributed by atoms with Crippen LogP contribution >= 0.6 is 11.8 Å². The number of nitrogens with zero attached hydrogens (tertiary/aromatic N) is 1. The molecule has 0 spiro atoms. The van der Waals surface area contributed by atoms with Gasteiger partial charge in [0.15, 0.2) is 0 Å². The quantitative estimate of drug-likeness (QED) is 0.352. The Labute approximate surface area is 186 Å². The van der Waals surface area contributed by atoms with E-state index in [-0.39, 0.29) is 11.8 Å². The van der Waals surface area contributed by atoms with Crippen molar-refractivity contribution in [3.63, 3.8) is 0 Å². The fourth-order valence-electron chi connectivity index (χ4n) is 3.33. The average molecular weight is 429 g/mol. The smallest absolute Gasteiger partial charge is 0.231 e. The summed E-state index contributed by atoms with van der Waals surface area (Å²) in [4.78, 5) is 18.1. The summed E-state index contributed by atoms with van der Waals surface area (Å²) in [5.74, 6) is 1.41. The largest absolute Gasteiger partial charge is 0.497 e. The van der Waals surface area contributed by atoms with Gasteiger partial charge in [-0.1, -0.05) is 30.3 Å². The molecule has 1 heterocycles. The molecule has 31 heavy (non-hydrogen) atoms. The van der Waals surface area contributed by atoms with Gasteiger partial charge >= 0.3 is 0 Å². The van der Waals surface area contributed by atoms with Crippen molar-refractivity contribution in [2.24, 2.45) is 0 Å². The molecular weight excluding hydrogens is 404 g/mol. The summed E-state index contributed by atoms with van der Waals surface area (Å²) in [6.07, 6.45) is 3.66. The van der Waals surface area contributed by atoms with E-state index in [1.807, 2.05) is 73.8 Å². The maximum absolute atomic E-state index is 12.8. The highest BCUT2D eigenvalue weighted by Gasteiger charge is 2.16. The first-order valence-electron chi connectivity index (χ1n) is 10.1. The number of carbonyl (C=O) groups is 1. The summed E-state index contributed by atoms with van der Waals surface area (Å²) in [5, 5.41) is 5.21. The van der Waals surface area contributed by atoms with Crippen LogP contribution in [-0.4, -0.2) is 18.0 Å². The Hall–Kier alpha value is -3.31. The van der Waals surface area contributed by atoms with E-state index in [1.54, 1.807) is 25.1 Å². The molecule has 4 aromatic rings. The lowest BCUT2D eigenvalue weighted by Gasteiger charge is -2.14. The fraction of sp³-hybridized carbons (Fsp3) is 0.154. The number of hydrogen-bond acceptors (Lipinski definition) is 4. The zero-order chi connectivity index (χ0) is 21.6. The van der Waals surface area contributed by atoms with Gasteiger partial charge in [-0.15, -0.1) is 11.8 Å². The number of thioether (sulfide) groups is 1. The van der Waals surface area contributed by atoms with Crippen molar-refractivity contribution < 1.29 is 9.53 Å². The first-order valence-corrected chi connectivity index (χ1v) is 11.1. The number of aromatic nitrogens is 1. The standard InChI is InChI=1S/C26H24N2O2S/c1-18(20-5-6-22-15-24(30-2)10-7-21(22)14-20)26(29)28-23-8-11-25(12-9-23)31-17-19-4-3-13-27-16-19/h3-16,18H,17H2,1-2H3,(H,28,29)/t18-/m0/s1. The molecule has 5 heteroatoms. The van der Waals surface area contributed by atoms with Gasteiger partial charge < -0.3 is 10.1 Å². The van der Waals surface area contributed by atoms with Crippen LogP contribution in [0, 0.1) is 0 Å². The molecule has 1 atom stereocenters. The van der Waals surface area contributed by atoms with E-state index in [0.29, 0.717) is 0 Å². The second kappa shape index (κ2) is 9.67. The topological polar surface area (TPSA) is 51.2 Å². The van der Waals surface area contributed by atoms with Gasteiger partial charge in [0, 0.05) is 28.7 Å². The van der Waals surface area contributed by atoms with Crippen LogP contribution in [0.4, 0.5) is 5.69 Å². The number of fused-ring (bicyclic) bond motifs is 1. The molecule has 0 unspecified atom stereocenters. The van der Waals surface area contributed by atoms with Crippen LogP contribution in [0.15, 0.2) is 90.1 Å². The monoisotopic (exact) mass is 428 g/mol. The van der Waals surface area contributed by atoms with E-state index in [0.717, 1.165) is 38.4 Å². The predicted octanol–water partition coefficient (Wildman–Crippen LogP) is 6.28. The van der Waals surface area contributed by atoms with Crippen molar-refractivity contribution in [3.05, 3.63) is 96.3 Å². The molecule has 3 aromatic carbocycles. The normalized spacial score (nSPS) is 11.8. The molecule has 4 nitrogen and oxygen atoms in total. The Bertz CT molecular complexity index is 1180. The lowest BCUT2D eigenvalue weighted by Crippen LogP contribution is -2.18. The second-order valence-corrected chi connectivity index (χ2v) is 8.41. The second-order valence-electron chi connectivity index (χ2n) is 7.36.